The molecule has 1 heterocycles. The topological polar surface area (TPSA) is 87.2 Å². The van der Waals surface area contributed by atoms with Gasteiger partial charge in [-0.05, 0) is 33.6 Å². The van der Waals surface area contributed by atoms with Crippen LogP contribution >= 0.6 is 0 Å². The minimum Gasteiger partial charge on any atom is -0.480 e. The molecule has 7 heteroatoms. The van der Waals surface area contributed by atoms with Gasteiger partial charge in [-0.2, -0.15) is 0 Å². The van der Waals surface area contributed by atoms with E-state index in [1.54, 1.807) is 20.8 Å². The molecule has 1 rings (SSSR count). The molecule has 1 aliphatic rings. The van der Waals surface area contributed by atoms with E-state index < -0.39 is 29.6 Å². The van der Waals surface area contributed by atoms with Gasteiger partial charge in [0.25, 0.3) is 0 Å². The van der Waals surface area contributed by atoms with E-state index >= 15 is 0 Å². The van der Waals surface area contributed by atoms with Gasteiger partial charge in [0.2, 0.25) is 0 Å². The number of ether oxygens (including phenoxy) is 1. The summed E-state index contributed by atoms with van der Waals surface area (Å²) in [7, 11) is 1.46. The monoisotopic (exact) mass is 286 g/mol. The van der Waals surface area contributed by atoms with Crippen LogP contribution < -0.4 is 0 Å². The third-order valence-corrected chi connectivity index (χ3v) is 2.90. The fourth-order valence-electron chi connectivity index (χ4n) is 2.11. The fraction of sp³-hybridized carbons (Fsp3) is 0.769. The zero-order valence-electron chi connectivity index (χ0n) is 12.4. The zero-order valence-corrected chi connectivity index (χ0v) is 12.4. The molecule has 7 nitrogen and oxygen atoms in total. The predicted molar refractivity (Wildman–Crippen MR) is 71.2 cm³/mol. The Labute approximate surface area is 118 Å². The molecular formula is C13H22N2O5. The van der Waals surface area contributed by atoms with Crippen LogP contribution in [0.15, 0.2) is 0 Å². The number of esters is 1. The molecule has 0 saturated carbocycles. The highest BCUT2D eigenvalue weighted by Crippen LogP contribution is 2.19. The number of carbonyl (C=O) groups excluding carboxylic acids is 2. The molecule has 0 aliphatic carbocycles. The number of urea groups is 1. The lowest BCUT2D eigenvalue weighted by molar-refractivity contribution is -0.155. The van der Waals surface area contributed by atoms with E-state index in [4.69, 9.17) is 9.84 Å². The molecular weight excluding hydrogens is 264 g/mol. The Hall–Kier alpha value is -1.79. The molecule has 1 saturated heterocycles. The molecule has 1 atom stereocenters. The summed E-state index contributed by atoms with van der Waals surface area (Å²) in [4.78, 5) is 37.3. The molecule has 0 spiro atoms. The molecule has 0 aromatic carbocycles. The number of hydrogen-bond donors (Lipinski definition) is 1. The maximum absolute atomic E-state index is 12.1. The highest BCUT2D eigenvalue weighted by Gasteiger charge is 2.36. The van der Waals surface area contributed by atoms with Crippen molar-refractivity contribution in [2.45, 2.75) is 45.3 Å². The molecule has 0 unspecified atom stereocenters. The Morgan fingerprint density at radius 2 is 1.95 bits per heavy atom. The van der Waals surface area contributed by atoms with Crippen molar-refractivity contribution in [2.75, 3.05) is 20.1 Å². The minimum absolute atomic E-state index is 0.195. The second kappa shape index (κ2) is 6.11. The molecule has 0 aromatic rings. The number of rotatable bonds is 3. The van der Waals surface area contributed by atoms with E-state index in [0.717, 1.165) is 0 Å². The van der Waals surface area contributed by atoms with Crippen LogP contribution in [0.5, 0.6) is 0 Å². The van der Waals surface area contributed by atoms with Gasteiger partial charge >= 0.3 is 18.0 Å². The molecule has 20 heavy (non-hydrogen) atoms. The number of nitrogens with zero attached hydrogens (tertiary/aromatic N) is 2. The van der Waals surface area contributed by atoms with Crippen molar-refractivity contribution in [3.8, 4) is 0 Å². The second-order valence-electron chi connectivity index (χ2n) is 5.91. The standard InChI is InChI=1S/C13H22N2O5/c1-13(2,3)20-10(16)8-14(4)12(19)15-7-5-6-9(15)11(17)18/h9H,5-8H2,1-4H3,(H,17,18)/t9-/m0/s1. The number of likely N-dealkylation sites (N-methyl/N-ethyl adjacent to an activating group) is 1. The molecule has 0 aromatic heterocycles. The van der Waals surface area contributed by atoms with Crippen molar-refractivity contribution in [3.63, 3.8) is 0 Å². The van der Waals surface area contributed by atoms with Gasteiger partial charge in [-0.15, -0.1) is 0 Å². The van der Waals surface area contributed by atoms with Crippen LogP contribution in [-0.4, -0.2) is 64.7 Å². The maximum atomic E-state index is 12.1. The summed E-state index contributed by atoms with van der Waals surface area (Å²) in [5.74, 6) is -1.53. The summed E-state index contributed by atoms with van der Waals surface area (Å²) in [5.41, 5.74) is -0.613. The van der Waals surface area contributed by atoms with Crippen LogP contribution in [0.25, 0.3) is 0 Å². The predicted octanol–water partition coefficient (Wildman–Crippen LogP) is 0.929. The average molecular weight is 286 g/mol. The number of carboxylic acids is 1. The lowest BCUT2D eigenvalue weighted by Gasteiger charge is -2.28. The van der Waals surface area contributed by atoms with E-state index in [0.29, 0.717) is 19.4 Å². The molecule has 1 N–H and O–H groups in total. The minimum atomic E-state index is -1.01. The quantitative estimate of drug-likeness (QED) is 0.780. The smallest absolute Gasteiger partial charge is 0.326 e. The molecule has 0 radical (unpaired) electrons. The Kier molecular flexibility index (Phi) is 4.97. The van der Waals surface area contributed by atoms with Crippen LogP contribution in [0.1, 0.15) is 33.6 Å². The van der Waals surface area contributed by atoms with E-state index in [2.05, 4.69) is 0 Å². The third-order valence-electron chi connectivity index (χ3n) is 2.90. The number of likely N-dealkylation sites (tertiary alicyclic amines) is 1. The molecule has 2 amide bonds. The lowest BCUT2D eigenvalue weighted by atomic mass is 10.2. The van der Waals surface area contributed by atoms with E-state index in [1.165, 1.54) is 16.8 Å². The van der Waals surface area contributed by atoms with Crippen molar-refractivity contribution >= 4 is 18.0 Å². The van der Waals surface area contributed by atoms with Crippen molar-refractivity contribution in [1.82, 2.24) is 9.80 Å². The Morgan fingerprint density at radius 3 is 2.45 bits per heavy atom. The van der Waals surface area contributed by atoms with Gasteiger partial charge in [-0.25, -0.2) is 9.59 Å². The molecule has 114 valence electrons. The second-order valence-corrected chi connectivity index (χ2v) is 5.91. The highest BCUT2D eigenvalue weighted by atomic mass is 16.6. The fourth-order valence-corrected chi connectivity index (χ4v) is 2.11. The maximum Gasteiger partial charge on any atom is 0.326 e. The summed E-state index contributed by atoms with van der Waals surface area (Å²) >= 11 is 0. The summed E-state index contributed by atoms with van der Waals surface area (Å²) in [5, 5.41) is 9.05. The number of aliphatic carboxylic acids is 1. The normalized spacial score (nSPS) is 18.8. The summed E-state index contributed by atoms with van der Waals surface area (Å²) in [6, 6.07) is -1.26. The van der Waals surface area contributed by atoms with Gasteiger partial charge in [0, 0.05) is 13.6 Å². The molecule has 1 fully saturated rings. The number of carbonyl (C=O) groups is 3. The summed E-state index contributed by atoms with van der Waals surface area (Å²) in [6.45, 7) is 5.43. The first kappa shape index (κ1) is 16.3. The van der Waals surface area contributed by atoms with Crippen molar-refractivity contribution in [2.24, 2.45) is 0 Å². The highest BCUT2D eigenvalue weighted by molar-refractivity contribution is 5.85. The Bertz CT molecular complexity index is 402. The van der Waals surface area contributed by atoms with Gasteiger partial charge in [-0.3, -0.25) is 4.79 Å². The summed E-state index contributed by atoms with van der Waals surface area (Å²) < 4.78 is 5.13. The van der Waals surface area contributed by atoms with Crippen LogP contribution in [0.2, 0.25) is 0 Å². The van der Waals surface area contributed by atoms with E-state index in [9.17, 15) is 14.4 Å². The number of hydrogen-bond acceptors (Lipinski definition) is 4. The third kappa shape index (κ3) is 4.40. The first-order chi connectivity index (χ1) is 9.11. The van der Waals surface area contributed by atoms with E-state index in [1.807, 2.05) is 0 Å². The van der Waals surface area contributed by atoms with Crippen molar-refractivity contribution < 1.29 is 24.2 Å². The van der Waals surface area contributed by atoms with Gasteiger partial charge in [-0.1, -0.05) is 0 Å². The van der Waals surface area contributed by atoms with Crippen molar-refractivity contribution in [3.05, 3.63) is 0 Å². The largest absolute Gasteiger partial charge is 0.480 e. The first-order valence-electron chi connectivity index (χ1n) is 6.58. The average Bonchev–Trinajstić information content (AvgIpc) is 2.73. The van der Waals surface area contributed by atoms with Gasteiger partial charge in [0.05, 0.1) is 0 Å². The zero-order chi connectivity index (χ0) is 15.5. The number of amides is 2. The van der Waals surface area contributed by atoms with Gasteiger partial charge in [0.15, 0.2) is 0 Å². The van der Waals surface area contributed by atoms with Crippen LogP contribution in [0, 0.1) is 0 Å². The van der Waals surface area contributed by atoms with Crippen LogP contribution in [0.4, 0.5) is 4.79 Å². The lowest BCUT2D eigenvalue weighted by Crippen LogP contribution is -2.48. The summed E-state index contributed by atoms with van der Waals surface area (Å²) in [6.07, 6.45) is 1.10. The SMILES string of the molecule is CN(CC(=O)OC(C)(C)C)C(=O)N1CCC[C@H]1C(=O)O. The van der Waals surface area contributed by atoms with Gasteiger partial charge < -0.3 is 19.6 Å². The van der Waals surface area contributed by atoms with Crippen molar-refractivity contribution in [1.29, 1.82) is 0 Å². The Balaban J connectivity index is 2.59. The van der Waals surface area contributed by atoms with E-state index in [-0.39, 0.29) is 6.54 Å². The van der Waals surface area contributed by atoms with Crippen LogP contribution in [0.3, 0.4) is 0 Å². The first-order valence-corrected chi connectivity index (χ1v) is 6.58. The number of carboxylic acid groups (broad SMARTS) is 1. The Morgan fingerprint density at radius 1 is 1.35 bits per heavy atom. The van der Waals surface area contributed by atoms with Crippen LogP contribution in [-0.2, 0) is 14.3 Å². The van der Waals surface area contributed by atoms with Gasteiger partial charge in [0.1, 0.15) is 18.2 Å². The molecule has 1 aliphatic heterocycles. The molecule has 0 bridgehead atoms.